The van der Waals surface area contributed by atoms with Crippen molar-refractivity contribution in [3.8, 4) is 11.1 Å². The molecule has 0 aliphatic heterocycles. The van der Waals surface area contributed by atoms with Crippen LogP contribution in [0.1, 0.15) is 20.8 Å². The average Bonchev–Trinajstić information content (AvgIpc) is 2.38. The van der Waals surface area contributed by atoms with Crippen LogP contribution in [0.15, 0.2) is 48.5 Å². The quantitative estimate of drug-likeness (QED) is 0.839. The van der Waals surface area contributed by atoms with Crippen LogP contribution in [0.25, 0.3) is 11.1 Å². The Morgan fingerprint density at radius 1 is 1.00 bits per heavy atom. The number of carbonyl (C=O) groups is 1. The van der Waals surface area contributed by atoms with Crippen molar-refractivity contribution < 1.29 is 9.90 Å². The highest BCUT2D eigenvalue weighted by atomic mass is 35.5. The standard InChI is InChI=1S/C14H10Cl2O2/c15-13(16)11-8-4-7-10(12(11)14(17)18)9-5-2-1-3-6-9/h1-8,13H,(H,17,18). The van der Waals surface area contributed by atoms with Crippen molar-refractivity contribution in [1.29, 1.82) is 0 Å². The molecule has 4 heteroatoms. The summed E-state index contributed by atoms with van der Waals surface area (Å²) in [6.07, 6.45) is 0. The Morgan fingerprint density at radius 3 is 2.22 bits per heavy atom. The molecule has 0 aliphatic rings. The van der Waals surface area contributed by atoms with Gasteiger partial charge in [-0.3, -0.25) is 0 Å². The minimum absolute atomic E-state index is 0.152. The summed E-state index contributed by atoms with van der Waals surface area (Å²) < 4.78 is 0. The number of alkyl halides is 2. The molecule has 0 amide bonds. The molecule has 0 fully saturated rings. The van der Waals surface area contributed by atoms with Gasteiger partial charge in [-0.2, -0.15) is 0 Å². The van der Waals surface area contributed by atoms with Crippen LogP contribution >= 0.6 is 23.2 Å². The Kier molecular flexibility index (Phi) is 3.90. The first kappa shape index (κ1) is 12.9. The molecule has 0 unspecified atom stereocenters. The largest absolute Gasteiger partial charge is 0.478 e. The van der Waals surface area contributed by atoms with Crippen LogP contribution in [0.4, 0.5) is 0 Å². The van der Waals surface area contributed by atoms with Gasteiger partial charge in [0, 0.05) is 0 Å². The lowest BCUT2D eigenvalue weighted by atomic mass is 9.96. The molecule has 2 aromatic rings. The summed E-state index contributed by atoms with van der Waals surface area (Å²) in [5, 5.41) is 9.34. The fourth-order valence-corrected chi connectivity index (χ4v) is 2.21. The van der Waals surface area contributed by atoms with E-state index < -0.39 is 10.8 Å². The average molecular weight is 281 g/mol. The van der Waals surface area contributed by atoms with E-state index in [4.69, 9.17) is 23.2 Å². The summed E-state index contributed by atoms with van der Waals surface area (Å²) in [5.74, 6) is -1.03. The van der Waals surface area contributed by atoms with Crippen LogP contribution in [0.5, 0.6) is 0 Å². The molecule has 0 aliphatic carbocycles. The topological polar surface area (TPSA) is 37.3 Å². The van der Waals surface area contributed by atoms with Gasteiger partial charge in [-0.1, -0.05) is 48.5 Å². The Bertz CT molecular complexity index is 565. The minimum atomic E-state index is -1.03. The Balaban J connectivity index is 2.68. The van der Waals surface area contributed by atoms with Crippen LogP contribution < -0.4 is 0 Å². The van der Waals surface area contributed by atoms with Crippen molar-refractivity contribution in [2.45, 2.75) is 4.84 Å². The second-order valence-corrected chi connectivity index (χ2v) is 4.84. The van der Waals surface area contributed by atoms with Gasteiger partial charge in [0.15, 0.2) is 0 Å². The fraction of sp³-hybridized carbons (Fsp3) is 0.0714. The van der Waals surface area contributed by atoms with Crippen molar-refractivity contribution in [3.05, 3.63) is 59.7 Å². The second-order valence-electron chi connectivity index (χ2n) is 3.74. The van der Waals surface area contributed by atoms with Gasteiger partial charge in [0.1, 0.15) is 4.84 Å². The number of hydrogen-bond acceptors (Lipinski definition) is 1. The molecular weight excluding hydrogens is 271 g/mol. The molecule has 2 nitrogen and oxygen atoms in total. The molecule has 2 aromatic carbocycles. The van der Waals surface area contributed by atoms with Gasteiger partial charge in [-0.25, -0.2) is 4.79 Å². The molecule has 92 valence electrons. The number of carboxylic acids is 1. The zero-order valence-electron chi connectivity index (χ0n) is 9.31. The molecule has 0 saturated heterocycles. The number of aromatic carboxylic acids is 1. The van der Waals surface area contributed by atoms with Crippen LogP contribution in [0, 0.1) is 0 Å². The third-order valence-corrected chi connectivity index (χ3v) is 3.10. The zero-order chi connectivity index (χ0) is 13.1. The minimum Gasteiger partial charge on any atom is -0.478 e. The molecule has 0 heterocycles. The highest BCUT2D eigenvalue weighted by Gasteiger charge is 2.19. The monoisotopic (exact) mass is 280 g/mol. The maximum absolute atomic E-state index is 11.4. The summed E-state index contributed by atoms with van der Waals surface area (Å²) in [5.41, 5.74) is 2.00. The predicted octanol–water partition coefficient (Wildman–Crippen LogP) is 4.53. The maximum Gasteiger partial charge on any atom is 0.336 e. The normalized spacial score (nSPS) is 10.6. The van der Waals surface area contributed by atoms with Gasteiger partial charge in [-0.15, -0.1) is 23.2 Å². The molecule has 0 spiro atoms. The van der Waals surface area contributed by atoms with Gasteiger partial charge in [-0.05, 0) is 16.7 Å². The summed E-state index contributed by atoms with van der Waals surface area (Å²) in [7, 11) is 0. The van der Waals surface area contributed by atoms with E-state index in [1.807, 2.05) is 30.3 Å². The van der Waals surface area contributed by atoms with E-state index in [1.54, 1.807) is 18.2 Å². The van der Waals surface area contributed by atoms with Crippen LogP contribution in [-0.2, 0) is 0 Å². The SMILES string of the molecule is O=C(O)c1c(-c2ccccc2)cccc1C(Cl)Cl. The van der Waals surface area contributed by atoms with Crippen molar-refractivity contribution in [2.75, 3.05) is 0 Å². The Hall–Kier alpha value is -1.51. The molecule has 1 N–H and O–H groups in total. The summed E-state index contributed by atoms with van der Waals surface area (Å²) in [6.45, 7) is 0. The highest BCUT2D eigenvalue weighted by Crippen LogP contribution is 2.33. The lowest BCUT2D eigenvalue weighted by Gasteiger charge is -2.12. The van der Waals surface area contributed by atoms with Crippen molar-refractivity contribution in [3.63, 3.8) is 0 Å². The van der Waals surface area contributed by atoms with Gasteiger partial charge < -0.3 is 5.11 Å². The summed E-state index contributed by atoms with van der Waals surface area (Å²) in [6, 6.07) is 14.4. The summed E-state index contributed by atoms with van der Waals surface area (Å²) in [4.78, 5) is 10.5. The van der Waals surface area contributed by atoms with E-state index >= 15 is 0 Å². The van der Waals surface area contributed by atoms with E-state index in [2.05, 4.69) is 0 Å². The number of benzene rings is 2. The molecule has 18 heavy (non-hydrogen) atoms. The first-order valence-corrected chi connectivity index (χ1v) is 6.18. The van der Waals surface area contributed by atoms with Gasteiger partial charge in [0.25, 0.3) is 0 Å². The van der Waals surface area contributed by atoms with E-state index in [0.29, 0.717) is 11.1 Å². The first-order chi connectivity index (χ1) is 8.61. The van der Waals surface area contributed by atoms with Crippen LogP contribution in [-0.4, -0.2) is 11.1 Å². The van der Waals surface area contributed by atoms with Crippen molar-refractivity contribution >= 4 is 29.2 Å². The predicted molar refractivity (Wildman–Crippen MR) is 73.3 cm³/mol. The second kappa shape index (κ2) is 5.42. The molecule has 0 bridgehead atoms. The van der Waals surface area contributed by atoms with Gasteiger partial charge in [0.2, 0.25) is 0 Å². The molecule has 2 rings (SSSR count). The van der Waals surface area contributed by atoms with Crippen LogP contribution in [0.3, 0.4) is 0 Å². The third-order valence-electron chi connectivity index (χ3n) is 2.63. The van der Waals surface area contributed by atoms with E-state index in [1.165, 1.54) is 0 Å². The lowest BCUT2D eigenvalue weighted by molar-refractivity contribution is 0.0697. The smallest absolute Gasteiger partial charge is 0.336 e. The fourth-order valence-electron chi connectivity index (χ4n) is 1.85. The van der Waals surface area contributed by atoms with E-state index in [-0.39, 0.29) is 5.56 Å². The molecule has 0 saturated carbocycles. The van der Waals surface area contributed by atoms with Gasteiger partial charge in [0.05, 0.1) is 5.56 Å². The van der Waals surface area contributed by atoms with E-state index in [0.717, 1.165) is 5.56 Å². The van der Waals surface area contributed by atoms with Crippen molar-refractivity contribution in [1.82, 2.24) is 0 Å². The Morgan fingerprint density at radius 2 is 1.67 bits per heavy atom. The third kappa shape index (κ3) is 2.50. The molecule has 0 aromatic heterocycles. The summed E-state index contributed by atoms with van der Waals surface area (Å²) >= 11 is 11.6. The molecular formula is C14H10Cl2O2. The van der Waals surface area contributed by atoms with Gasteiger partial charge >= 0.3 is 5.97 Å². The molecule has 0 radical (unpaired) electrons. The Labute approximate surface area is 115 Å². The van der Waals surface area contributed by atoms with E-state index in [9.17, 15) is 9.90 Å². The first-order valence-electron chi connectivity index (χ1n) is 5.31. The lowest BCUT2D eigenvalue weighted by Crippen LogP contribution is -2.05. The number of hydrogen-bond donors (Lipinski definition) is 1. The number of carboxylic acid groups (broad SMARTS) is 1. The number of halogens is 2. The maximum atomic E-state index is 11.4. The number of rotatable bonds is 3. The zero-order valence-corrected chi connectivity index (χ0v) is 10.8. The van der Waals surface area contributed by atoms with Crippen LogP contribution in [0.2, 0.25) is 0 Å². The highest BCUT2D eigenvalue weighted by molar-refractivity contribution is 6.44. The van der Waals surface area contributed by atoms with Crippen molar-refractivity contribution in [2.24, 2.45) is 0 Å². The molecule has 0 atom stereocenters.